The molecule has 0 N–H and O–H groups in total. The standard InChI is InChI=1S/C10H21N.ClH/c1-3-4-5-10-6-8-11(2)9-7-10;/h10H,3-9H2,1-2H3;1H. The topological polar surface area (TPSA) is 3.24 Å². The van der Waals surface area contributed by atoms with E-state index in [1.165, 1.54) is 45.2 Å². The van der Waals surface area contributed by atoms with Gasteiger partial charge in [-0.15, -0.1) is 12.4 Å². The SMILES string of the molecule is CCCCC1CCN(C)CC1.Cl. The van der Waals surface area contributed by atoms with Crippen molar-refractivity contribution in [3.8, 4) is 0 Å². The Balaban J connectivity index is 0.00000121. The molecule has 1 rings (SSSR count). The molecule has 0 saturated carbocycles. The largest absolute Gasteiger partial charge is 0.306 e. The van der Waals surface area contributed by atoms with Crippen molar-refractivity contribution < 1.29 is 0 Å². The van der Waals surface area contributed by atoms with Crippen molar-refractivity contribution in [2.75, 3.05) is 20.1 Å². The summed E-state index contributed by atoms with van der Waals surface area (Å²) in [5.74, 6) is 1.05. The number of likely N-dealkylation sites (tertiary alicyclic amines) is 1. The third-order valence-electron chi connectivity index (χ3n) is 2.80. The van der Waals surface area contributed by atoms with E-state index < -0.39 is 0 Å². The Bertz CT molecular complexity index is 95.3. The lowest BCUT2D eigenvalue weighted by molar-refractivity contribution is 0.210. The van der Waals surface area contributed by atoms with Gasteiger partial charge in [0.1, 0.15) is 0 Å². The van der Waals surface area contributed by atoms with Crippen LogP contribution in [0.5, 0.6) is 0 Å². The first-order valence-corrected chi connectivity index (χ1v) is 5.01. The van der Waals surface area contributed by atoms with E-state index in [-0.39, 0.29) is 12.4 Å². The fraction of sp³-hybridized carbons (Fsp3) is 1.00. The van der Waals surface area contributed by atoms with Gasteiger partial charge in [0.2, 0.25) is 0 Å². The van der Waals surface area contributed by atoms with E-state index >= 15 is 0 Å². The van der Waals surface area contributed by atoms with Gasteiger partial charge in [0.25, 0.3) is 0 Å². The fourth-order valence-electron chi connectivity index (χ4n) is 1.84. The fourth-order valence-corrected chi connectivity index (χ4v) is 1.84. The molecule has 1 heterocycles. The minimum Gasteiger partial charge on any atom is -0.306 e. The number of piperidine rings is 1. The van der Waals surface area contributed by atoms with Gasteiger partial charge in [-0.3, -0.25) is 0 Å². The Morgan fingerprint density at radius 2 is 1.83 bits per heavy atom. The predicted molar refractivity (Wildman–Crippen MR) is 57.0 cm³/mol. The van der Waals surface area contributed by atoms with Gasteiger partial charge in [0.15, 0.2) is 0 Å². The van der Waals surface area contributed by atoms with Crippen LogP contribution in [-0.2, 0) is 0 Å². The van der Waals surface area contributed by atoms with E-state index in [9.17, 15) is 0 Å². The summed E-state index contributed by atoms with van der Waals surface area (Å²) in [6, 6.07) is 0. The Labute approximate surface area is 82.9 Å². The smallest absolute Gasteiger partial charge is 0.00191 e. The summed E-state index contributed by atoms with van der Waals surface area (Å²) < 4.78 is 0. The summed E-state index contributed by atoms with van der Waals surface area (Å²) in [4.78, 5) is 2.45. The molecule has 0 aromatic carbocycles. The second-order valence-electron chi connectivity index (χ2n) is 3.89. The van der Waals surface area contributed by atoms with Crippen LogP contribution in [0.2, 0.25) is 0 Å². The molecule has 0 spiro atoms. The molecule has 2 heteroatoms. The monoisotopic (exact) mass is 191 g/mol. The van der Waals surface area contributed by atoms with E-state index in [4.69, 9.17) is 0 Å². The van der Waals surface area contributed by atoms with E-state index in [2.05, 4.69) is 18.9 Å². The van der Waals surface area contributed by atoms with Crippen LogP contribution in [0.4, 0.5) is 0 Å². The molecular weight excluding hydrogens is 170 g/mol. The van der Waals surface area contributed by atoms with E-state index in [0.717, 1.165) is 5.92 Å². The zero-order valence-electron chi connectivity index (χ0n) is 8.38. The van der Waals surface area contributed by atoms with Crippen molar-refractivity contribution in [3.63, 3.8) is 0 Å². The Morgan fingerprint density at radius 3 is 2.33 bits per heavy atom. The van der Waals surface area contributed by atoms with Gasteiger partial charge in [-0.05, 0) is 38.9 Å². The Hall–Kier alpha value is 0.250. The van der Waals surface area contributed by atoms with Crippen LogP contribution in [0.1, 0.15) is 39.0 Å². The van der Waals surface area contributed by atoms with Gasteiger partial charge in [-0.25, -0.2) is 0 Å². The highest BCUT2D eigenvalue weighted by Gasteiger charge is 2.15. The van der Waals surface area contributed by atoms with Crippen LogP contribution in [0.25, 0.3) is 0 Å². The van der Waals surface area contributed by atoms with Crippen LogP contribution < -0.4 is 0 Å². The Kier molecular flexibility index (Phi) is 6.87. The molecule has 1 fully saturated rings. The van der Waals surface area contributed by atoms with E-state index in [0.29, 0.717) is 0 Å². The second-order valence-corrected chi connectivity index (χ2v) is 3.89. The molecule has 0 aromatic rings. The highest BCUT2D eigenvalue weighted by Crippen LogP contribution is 2.21. The summed E-state index contributed by atoms with van der Waals surface area (Å²) in [5.41, 5.74) is 0. The second kappa shape index (κ2) is 6.73. The molecule has 0 aromatic heterocycles. The van der Waals surface area contributed by atoms with Crippen LogP contribution in [0, 0.1) is 5.92 Å². The molecule has 1 aliphatic rings. The maximum absolute atomic E-state index is 2.45. The normalized spacial score (nSPS) is 20.5. The van der Waals surface area contributed by atoms with Crippen molar-refractivity contribution >= 4 is 12.4 Å². The van der Waals surface area contributed by atoms with Crippen LogP contribution in [0.3, 0.4) is 0 Å². The third-order valence-corrected chi connectivity index (χ3v) is 2.80. The lowest BCUT2D eigenvalue weighted by Gasteiger charge is -2.28. The van der Waals surface area contributed by atoms with Crippen LogP contribution >= 0.6 is 12.4 Å². The van der Waals surface area contributed by atoms with E-state index in [1.807, 2.05) is 0 Å². The van der Waals surface area contributed by atoms with Crippen LogP contribution in [-0.4, -0.2) is 25.0 Å². The van der Waals surface area contributed by atoms with Crippen molar-refractivity contribution in [1.82, 2.24) is 4.90 Å². The number of nitrogens with zero attached hydrogens (tertiary/aromatic N) is 1. The molecule has 12 heavy (non-hydrogen) atoms. The van der Waals surface area contributed by atoms with Crippen molar-refractivity contribution in [1.29, 1.82) is 0 Å². The molecule has 0 unspecified atom stereocenters. The third kappa shape index (κ3) is 4.32. The first kappa shape index (κ1) is 12.2. The minimum atomic E-state index is 0. The molecule has 0 aliphatic carbocycles. The van der Waals surface area contributed by atoms with Gasteiger partial charge in [-0.2, -0.15) is 0 Å². The van der Waals surface area contributed by atoms with Gasteiger partial charge in [0, 0.05) is 0 Å². The summed E-state index contributed by atoms with van der Waals surface area (Å²) in [7, 11) is 2.23. The lowest BCUT2D eigenvalue weighted by Crippen LogP contribution is -2.30. The molecule has 1 aliphatic heterocycles. The highest BCUT2D eigenvalue weighted by atomic mass is 35.5. The number of rotatable bonds is 3. The van der Waals surface area contributed by atoms with Gasteiger partial charge in [-0.1, -0.05) is 26.2 Å². The summed E-state index contributed by atoms with van der Waals surface area (Å²) >= 11 is 0. The highest BCUT2D eigenvalue weighted by molar-refractivity contribution is 5.85. The molecular formula is C10H22ClN. The average molecular weight is 192 g/mol. The lowest BCUT2D eigenvalue weighted by atomic mass is 9.92. The van der Waals surface area contributed by atoms with E-state index in [1.54, 1.807) is 0 Å². The number of hydrogen-bond acceptors (Lipinski definition) is 1. The quantitative estimate of drug-likeness (QED) is 0.663. The molecule has 1 nitrogen and oxygen atoms in total. The summed E-state index contributed by atoms with van der Waals surface area (Å²) in [5, 5.41) is 0. The molecule has 74 valence electrons. The van der Waals surface area contributed by atoms with Gasteiger partial charge >= 0.3 is 0 Å². The van der Waals surface area contributed by atoms with Gasteiger partial charge in [0.05, 0.1) is 0 Å². The first-order chi connectivity index (χ1) is 5.33. The van der Waals surface area contributed by atoms with Crippen molar-refractivity contribution in [2.45, 2.75) is 39.0 Å². The minimum absolute atomic E-state index is 0. The number of unbranched alkanes of at least 4 members (excludes halogenated alkanes) is 1. The zero-order valence-corrected chi connectivity index (χ0v) is 9.20. The predicted octanol–water partition coefficient (Wildman–Crippen LogP) is 2.94. The number of hydrogen-bond donors (Lipinski definition) is 0. The molecule has 0 atom stereocenters. The summed E-state index contributed by atoms with van der Waals surface area (Å²) in [6.07, 6.45) is 7.16. The Morgan fingerprint density at radius 1 is 1.25 bits per heavy atom. The van der Waals surface area contributed by atoms with Crippen molar-refractivity contribution in [3.05, 3.63) is 0 Å². The number of halogens is 1. The molecule has 0 bridgehead atoms. The zero-order chi connectivity index (χ0) is 8.10. The summed E-state index contributed by atoms with van der Waals surface area (Å²) in [6.45, 7) is 4.94. The van der Waals surface area contributed by atoms with Crippen LogP contribution in [0.15, 0.2) is 0 Å². The van der Waals surface area contributed by atoms with Gasteiger partial charge < -0.3 is 4.90 Å². The van der Waals surface area contributed by atoms with Crippen molar-refractivity contribution in [2.24, 2.45) is 5.92 Å². The maximum Gasteiger partial charge on any atom is -0.00191 e. The first-order valence-electron chi connectivity index (χ1n) is 5.01. The molecule has 0 radical (unpaired) electrons. The molecule has 1 saturated heterocycles. The average Bonchev–Trinajstić information content (AvgIpc) is 2.04. The molecule has 0 amide bonds. The maximum atomic E-state index is 2.45.